The van der Waals surface area contributed by atoms with Crippen LogP contribution in [0.15, 0.2) is 24.3 Å². The maximum absolute atomic E-state index is 13.1. The van der Waals surface area contributed by atoms with Gasteiger partial charge in [0, 0.05) is 18.7 Å². The number of carboxylic acid groups (broad SMARTS) is 1. The fourth-order valence-electron chi connectivity index (χ4n) is 1.54. The first-order valence-electron chi connectivity index (χ1n) is 5.81. The van der Waals surface area contributed by atoms with Crippen LogP contribution in [0.5, 0.6) is 0 Å². The molecule has 5 nitrogen and oxygen atoms in total. The van der Waals surface area contributed by atoms with Crippen LogP contribution in [-0.2, 0) is 4.79 Å². The standard InChI is InChI=1S/C13H17FN2O3/c1-15(2)6-7-16(9-12(17)18)13(19)10-4-3-5-11(14)8-10/h3-5,8H,6-7,9H2,1-2H3,(H,17,18). The molecule has 0 aliphatic heterocycles. The number of benzene rings is 1. The van der Waals surface area contributed by atoms with Crippen molar-refractivity contribution >= 4 is 11.9 Å². The predicted molar refractivity (Wildman–Crippen MR) is 68.5 cm³/mol. The van der Waals surface area contributed by atoms with Crippen LogP contribution in [0.4, 0.5) is 4.39 Å². The van der Waals surface area contributed by atoms with E-state index in [2.05, 4.69) is 0 Å². The van der Waals surface area contributed by atoms with E-state index in [4.69, 9.17) is 5.11 Å². The minimum Gasteiger partial charge on any atom is -0.480 e. The molecule has 1 amide bonds. The molecule has 0 radical (unpaired) electrons. The van der Waals surface area contributed by atoms with Gasteiger partial charge in [0.2, 0.25) is 0 Å². The highest BCUT2D eigenvalue weighted by Gasteiger charge is 2.18. The van der Waals surface area contributed by atoms with E-state index in [1.807, 2.05) is 19.0 Å². The molecule has 0 bridgehead atoms. The average Bonchev–Trinajstić information content (AvgIpc) is 2.33. The molecule has 1 aromatic rings. The van der Waals surface area contributed by atoms with Crippen LogP contribution in [0, 0.1) is 5.82 Å². The lowest BCUT2D eigenvalue weighted by molar-refractivity contribution is -0.137. The monoisotopic (exact) mass is 268 g/mol. The molecule has 19 heavy (non-hydrogen) atoms. The molecule has 0 aliphatic rings. The van der Waals surface area contributed by atoms with Crippen molar-refractivity contribution in [1.29, 1.82) is 0 Å². The average molecular weight is 268 g/mol. The van der Waals surface area contributed by atoms with Crippen molar-refractivity contribution in [1.82, 2.24) is 9.80 Å². The van der Waals surface area contributed by atoms with Crippen LogP contribution >= 0.6 is 0 Å². The highest BCUT2D eigenvalue weighted by molar-refractivity contribution is 5.95. The maximum atomic E-state index is 13.1. The fourth-order valence-corrected chi connectivity index (χ4v) is 1.54. The van der Waals surface area contributed by atoms with Crippen molar-refractivity contribution in [2.75, 3.05) is 33.7 Å². The second-order valence-corrected chi connectivity index (χ2v) is 4.43. The number of aliphatic carboxylic acids is 1. The van der Waals surface area contributed by atoms with Gasteiger partial charge in [-0.15, -0.1) is 0 Å². The van der Waals surface area contributed by atoms with Gasteiger partial charge in [0.05, 0.1) is 0 Å². The van der Waals surface area contributed by atoms with Gasteiger partial charge in [-0.05, 0) is 32.3 Å². The second kappa shape index (κ2) is 6.84. The number of hydrogen-bond donors (Lipinski definition) is 1. The molecular weight excluding hydrogens is 251 g/mol. The Morgan fingerprint density at radius 2 is 1.95 bits per heavy atom. The summed E-state index contributed by atoms with van der Waals surface area (Å²) in [6.45, 7) is 0.409. The van der Waals surface area contributed by atoms with Gasteiger partial charge in [-0.3, -0.25) is 9.59 Å². The molecule has 1 rings (SSSR count). The first-order valence-corrected chi connectivity index (χ1v) is 5.81. The summed E-state index contributed by atoms with van der Waals surface area (Å²) in [4.78, 5) is 25.9. The number of carbonyl (C=O) groups is 2. The minimum atomic E-state index is -1.09. The molecule has 0 atom stereocenters. The van der Waals surface area contributed by atoms with Crippen LogP contribution in [0.25, 0.3) is 0 Å². The smallest absolute Gasteiger partial charge is 0.323 e. The number of carbonyl (C=O) groups excluding carboxylic acids is 1. The summed E-state index contributed by atoms with van der Waals surface area (Å²) in [6.07, 6.45) is 0. The second-order valence-electron chi connectivity index (χ2n) is 4.43. The third-order valence-corrected chi connectivity index (χ3v) is 2.50. The van der Waals surface area contributed by atoms with Crippen LogP contribution in [0.2, 0.25) is 0 Å². The van der Waals surface area contributed by atoms with E-state index in [0.29, 0.717) is 6.54 Å². The first kappa shape index (κ1) is 15.1. The number of carboxylic acids is 1. The summed E-state index contributed by atoms with van der Waals surface area (Å²) in [5, 5.41) is 8.82. The number of rotatable bonds is 6. The zero-order chi connectivity index (χ0) is 14.4. The van der Waals surface area contributed by atoms with Crippen LogP contribution in [0.1, 0.15) is 10.4 Å². The molecular formula is C13H17FN2O3. The topological polar surface area (TPSA) is 60.9 Å². The van der Waals surface area contributed by atoms with Crippen LogP contribution < -0.4 is 0 Å². The molecule has 0 aliphatic carbocycles. The largest absolute Gasteiger partial charge is 0.480 e. The molecule has 0 fully saturated rings. The van der Waals surface area contributed by atoms with Gasteiger partial charge in [0.15, 0.2) is 0 Å². The van der Waals surface area contributed by atoms with Gasteiger partial charge in [-0.1, -0.05) is 6.07 Å². The van der Waals surface area contributed by atoms with Gasteiger partial charge >= 0.3 is 5.97 Å². The summed E-state index contributed by atoms with van der Waals surface area (Å²) in [7, 11) is 3.65. The molecule has 0 saturated heterocycles. The zero-order valence-corrected chi connectivity index (χ0v) is 11.0. The van der Waals surface area contributed by atoms with Gasteiger partial charge < -0.3 is 14.9 Å². The number of hydrogen-bond acceptors (Lipinski definition) is 3. The third-order valence-electron chi connectivity index (χ3n) is 2.50. The third kappa shape index (κ3) is 5.05. The summed E-state index contributed by atoms with van der Waals surface area (Å²) in [6, 6.07) is 5.23. The molecule has 0 unspecified atom stereocenters. The van der Waals surface area contributed by atoms with E-state index < -0.39 is 24.2 Å². The zero-order valence-electron chi connectivity index (χ0n) is 11.0. The Hall–Kier alpha value is -1.95. The van der Waals surface area contributed by atoms with Gasteiger partial charge in [0.25, 0.3) is 5.91 Å². The lowest BCUT2D eigenvalue weighted by Crippen LogP contribution is -2.40. The van der Waals surface area contributed by atoms with Crippen LogP contribution in [0.3, 0.4) is 0 Å². The van der Waals surface area contributed by atoms with Crippen molar-refractivity contribution in [3.63, 3.8) is 0 Å². The molecule has 104 valence electrons. The first-order chi connectivity index (χ1) is 8.90. The van der Waals surface area contributed by atoms with E-state index in [9.17, 15) is 14.0 Å². The molecule has 6 heteroatoms. The molecule has 0 heterocycles. The number of amides is 1. The Balaban J connectivity index is 2.83. The fraction of sp³-hybridized carbons (Fsp3) is 0.385. The Kier molecular flexibility index (Phi) is 5.44. The van der Waals surface area contributed by atoms with Gasteiger partial charge in [-0.25, -0.2) is 4.39 Å². The van der Waals surface area contributed by atoms with E-state index in [-0.39, 0.29) is 12.1 Å². The number of nitrogens with zero attached hydrogens (tertiary/aromatic N) is 2. The molecule has 0 saturated carbocycles. The lowest BCUT2D eigenvalue weighted by Gasteiger charge is -2.22. The lowest BCUT2D eigenvalue weighted by atomic mass is 10.2. The Bertz CT molecular complexity index is 463. The maximum Gasteiger partial charge on any atom is 0.323 e. The summed E-state index contributed by atoms with van der Waals surface area (Å²) in [5.74, 6) is -2.10. The van der Waals surface area contributed by atoms with E-state index in [1.165, 1.54) is 23.1 Å². The van der Waals surface area contributed by atoms with Crippen molar-refractivity contribution in [2.45, 2.75) is 0 Å². The summed E-state index contributed by atoms with van der Waals surface area (Å²) in [5.41, 5.74) is 0.153. The summed E-state index contributed by atoms with van der Waals surface area (Å²) >= 11 is 0. The number of halogens is 1. The highest BCUT2D eigenvalue weighted by atomic mass is 19.1. The van der Waals surface area contributed by atoms with Crippen molar-refractivity contribution in [3.05, 3.63) is 35.6 Å². The van der Waals surface area contributed by atoms with Crippen molar-refractivity contribution in [2.24, 2.45) is 0 Å². The van der Waals surface area contributed by atoms with Crippen molar-refractivity contribution < 1.29 is 19.1 Å². The Morgan fingerprint density at radius 1 is 1.26 bits per heavy atom. The Labute approximate surface area is 111 Å². The molecule has 1 N–H and O–H groups in total. The molecule has 1 aromatic carbocycles. The predicted octanol–water partition coefficient (Wildman–Crippen LogP) is 0.914. The van der Waals surface area contributed by atoms with E-state index >= 15 is 0 Å². The minimum absolute atomic E-state index is 0.153. The van der Waals surface area contributed by atoms with Crippen LogP contribution in [-0.4, -0.2) is 60.5 Å². The molecule has 0 spiro atoms. The van der Waals surface area contributed by atoms with E-state index in [1.54, 1.807) is 0 Å². The van der Waals surface area contributed by atoms with Gasteiger partial charge in [-0.2, -0.15) is 0 Å². The quantitative estimate of drug-likeness (QED) is 0.833. The summed E-state index contributed by atoms with van der Waals surface area (Å²) < 4.78 is 13.1. The van der Waals surface area contributed by atoms with E-state index in [0.717, 1.165) is 6.07 Å². The van der Waals surface area contributed by atoms with Crippen molar-refractivity contribution in [3.8, 4) is 0 Å². The highest BCUT2D eigenvalue weighted by Crippen LogP contribution is 2.07. The SMILES string of the molecule is CN(C)CCN(CC(=O)O)C(=O)c1cccc(F)c1. The number of likely N-dealkylation sites (N-methyl/N-ethyl adjacent to an activating group) is 1. The molecule has 0 aromatic heterocycles. The van der Waals surface area contributed by atoms with Gasteiger partial charge in [0.1, 0.15) is 12.4 Å². The normalized spacial score (nSPS) is 10.5. The Morgan fingerprint density at radius 3 is 2.47 bits per heavy atom.